The molecule has 0 aromatic carbocycles. The fourth-order valence-electron chi connectivity index (χ4n) is 8.64. The molecule has 8 atom stereocenters. The molecule has 2 saturated carbocycles. The molecule has 210 valence electrons. The second kappa shape index (κ2) is 9.73. The summed E-state index contributed by atoms with van der Waals surface area (Å²) in [5.74, 6) is 2.85. The summed E-state index contributed by atoms with van der Waals surface area (Å²) in [6.45, 7) is 22.8. The van der Waals surface area contributed by atoms with E-state index in [-0.39, 0.29) is 27.9 Å². The highest BCUT2D eigenvalue weighted by atomic mass is 28.4. The third-order valence-electron chi connectivity index (χ3n) is 11.9. The molecule has 3 nitrogen and oxygen atoms in total. The van der Waals surface area contributed by atoms with E-state index in [1.54, 1.807) is 0 Å². The lowest BCUT2D eigenvalue weighted by atomic mass is 9.47. The van der Waals surface area contributed by atoms with Gasteiger partial charge in [-0.3, -0.25) is 4.79 Å². The molecular formula is C33H56O3Si. The van der Waals surface area contributed by atoms with Crippen LogP contribution in [0.5, 0.6) is 0 Å². The molecule has 0 aromatic rings. The van der Waals surface area contributed by atoms with Gasteiger partial charge in [0.2, 0.25) is 0 Å². The van der Waals surface area contributed by atoms with Gasteiger partial charge in [-0.25, -0.2) is 0 Å². The largest absolute Gasteiger partial charge is 0.410 e. The molecule has 0 aromatic heterocycles. The van der Waals surface area contributed by atoms with E-state index in [0.29, 0.717) is 29.5 Å². The van der Waals surface area contributed by atoms with E-state index in [4.69, 9.17) is 4.43 Å². The van der Waals surface area contributed by atoms with E-state index < -0.39 is 13.9 Å². The van der Waals surface area contributed by atoms with Crippen LogP contribution in [0.15, 0.2) is 23.8 Å². The van der Waals surface area contributed by atoms with Crippen LogP contribution in [-0.2, 0) is 9.22 Å². The molecule has 0 amide bonds. The average molecular weight is 529 g/mol. The number of hydrogen-bond acceptors (Lipinski definition) is 3. The highest BCUT2D eigenvalue weighted by Gasteiger charge is 2.61. The molecule has 0 bridgehead atoms. The molecule has 2 fully saturated rings. The quantitative estimate of drug-likeness (QED) is 0.266. The van der Waals surface area contributed by atoms with Gasteiger partial charge in [0.1, 0.15) is 0 Å². The van der Waals surface area contributed by atoms with Crippen molar-refractivity contribution in [3.05, 3.63) is 23.8 Å². The summed E-state index contributed by atoms with van der Waals surface area (Å²) in [7, 11) is -1.87. The Bertz CT molecular complexity index is 934. The Kier molecular flexibility index (Phi) is 7.70. The summed E-state index contributed by atoms with van der Waals surface area (Å²) in [5.41, 5.74) is 1.00. The number of aliphatic hydroxyl groups is 1. The zero-order valence-electron chi connectivity index (χ0n) is 25.6. The van der Waals surface area contributed by atoms with Crippen LogP contribution in [0.3, 0.4) is 0 Å². The Morgan fingerprint density at radius 3 is 2.41 bits per heavy atom. The van der Waals surface area contributed by atoms with Crippen LogP contribution in [0.4, 0.5) is 0 Å². The molecule has 0 spiro atoms. The van der Waals surface area contributed by atoms with E-state index >= 15 is 0 Å². The number of rotatable bonds is 7. The minimum Gasteiger partial charge on any atom is -0.410 e. The predicted octanol–water partition coefficient (Wildman–Crippen LogP) is 8.49. The maximum absolute atomic E-state index is 13.9. The van der Waals surface area contributed by atoms with Crippen LogP contribution in [-0.4, -0.2) is 30.9 Å². The standard InChI is InChI=1S/C33H56O3Si/c1-22(12-11-17-31(5,6)35)25-13-14-26-29-27(16-19-33(25,26)8)32(7)18-15-24(20-23(32)21-28(29)34)36-37(9,10)30(2,3)4/h15,18,21-22,24-27,29,35H,11-14,16-17,19-20H2,1-10H3/t22-,24+,25-,26+,27+,29+,32+,33-/m1/s1. The molecule has 37 heavy (non-hydrogen) atoms. The number of ketones is 1. The van der Waals surface area contributed by atoms with Gasteiger partial charge in [0.05, 0.1) is 11.7 Å². The van der Waals surface area contributed by atoms with Gasteiger partial charge in [0.15, 0.2) is 14.1 Å². The first kappa shape index (κ1) is 29.3. The predicted molar refractivity (Wildman–Crippen MR) is 157 cm³/mol. The van der Waals surface area contributed by atoms with Crippen LogP contribution in [0.25, 0.3) is 0 Å². The molecule has 0 unspecified atom stereocenters. The summed E-state index contributed by atoms with van der Waals surface area (Å²) >= 11 is 0. The summed E-state index contributed by atoms with van der Waals surface area (Å²) in [6.07, 6.45) is 15.8. The van der Waals surface area contributed by atoms with Crippen LogP contribution in [0.2, 0.25) is 18.1 Å². The Morgan fingerprint density at radius 2 is 1.78 bits per heavy atom. The first-order valence-corrected chi connectivity index (χ1v) is 18.1. The fourth-order valence-corrected chi connectivity index (χ4v) is 9.91. The first-order chi connectivity index (χ1) is 16.9. The third-order valence-corrected chi connectivity index (χ3v) is 16.4. The monoisotopic (exact) mass is 528 g/mol. The van der Waals surface area contributed by atoms with E-state index in [1.807, 2.05) is 13.8 Å². The topological polar surface area (TPSA) is 46.5 Å². The molecule has 4 aliphatic rings. The number of carbonyl (C=O) groups is 1. The molecular weight excluding hydrogens is 472 g/mol. The lowest BCUT2D eigenvalue weighted by molar-refractivity contribution is -0.132. The number of allylic oxidation sites excluding steroid dienone is 2. The summed E-state index contributed by atoms with van der Waals surface area (Å²) in [6, 6.07) is 0. The molecule has 0 saturated heterocycles. The van der Waals surface area contributed by atoms with Gasteiger partial charge in [-0.15, -0.1) is 0 Å². The lowest BCUT2D eigenvalue weighted by Crippen LogP contribution is -2.53. The molecule has 1 N–H and O–H groups in total. The van der Waals surface area contributed by atoms with Gasteiger partial charge in [0.25, 0.3) is 0 Å². The highest BCUT2D eigenvalue weighted by Crippen LogP contribution is 2.66. The van der Waals surface area contributed by atoms with Gasteiger partial charge in [0, 0.05) is 11.3 Å². The first-order valence-electron chi connectivity index (χ1n) is 15.2. The Morgan fingerprint density at radius 1 is 1.11 bits per heavy atom. The van der Waals surface area contributed by atoms with Crippen LogP contribution < -0.4 is 0 Å². The second-order valence-electron chi connectivity index (χ2n) is 16.0. The second-order valence-corrected chi connectivity index (χ2v) is 20.7. The fraction of sp³-hybridized carbons (Fsp3) is 0.848. The minimum atomic E-state index is -1.87. The van der Waals surface area contributed by atoms with Crippen LogP contribution in [0.1, 0.15) is 107 Å². The van der Waals surface area contributed by atoms with Crippen molar-refractivity contribution in [1.29, 1.82) is 0 Å². The molecule has 4 heteroatoms. The summed E-state index contributed by atoms with van der Waals surface area (Å²) in [5, 5.41) is 10.3. The Hall–Kier alpha value is -0.713. The SMILES string of the molecule is C[C@H](CCCC(C)(C)O)[C@H]1CC[C@H]2[C@@H]3C(=O)C=C4C[C@@H](O[Si](C)(C)C(C)(C)C)C=C[C@]4(C)[C@H]3CC[C@]12C. The van der Waals surface area contributed by atoms with Crippen LogP contribution >= 0.6 is 0 Å². The van der Waals surface area contributed by atoms with E-state index in [0.717, 1.165) is 25.7 Å². The van der Waals surface area contributed by atoms with Crippen molar-refractivity contribution in [1.82, 2.24) is 0 Å². The maximum atomic E-state index is 13.9. The minimum absolute atomic E-state index is 0.0103. The van der Waals surface area contributed by atoms with Crippen molar-refractivity contribution in [2.45, 2.75) is 137 Å². The summed E-state index contributed by atoms with van der Waals surface area (Å²) in [4.78, 5) is 13.9. The number of carbonyl (C=O) groups excluding carboxylic acids is 1. The van der Waals surface area contributed by atoms with E-state index in [9.17, 15) is 9.90 Å². The summed E-state index contributed by atoms with van der Waals surface area (Å²) < 4.78 is 6.77. The van der Waals surface area contributed by atoms with E-state index in [1.165, 1.54) is 31.3 Å². The van der Waals surface area contributed by atoms with Gasteiger partial charge < -0.3 is 9.53 Å². The van der Waals surface area contributed by atoms with Crippen molar-refractivity contribution >= 4 is 14.1 Å². The maximum Gasteiger partial charge on any atom is 0.192 e. The normalized spacial score (nSPS) is 39.1. The van der Waals surface area contributed by atoms with E-state index in [2.05, 4.69) is 72.9 Å². The van der Waals surface area contributed by atoms with Gasteiger partial charge in [-0.05, 0) is 106 Å². The van der Waals surface area contributed by atoms with Crippen molar-refractivity contribution in [3.63, 3.8) is 0 Å². The smallest absolute Gasteiger partial charge is 0.192 e. The van der Waals surface area contributed by atoms with Crippen molar-refractivity contribution in [2.75, 3.05) is 0 Å². The van der Waals surface area contributed by atoms with Crippen molar-refractivity contribution < 1.29 is 14.3 Å². The molecule has 0 radical (unpaired) electrons. The molecule has 4 rings (SSSR count). The molecule has 0 aliphatic heterocycles. The number of fused-ring (bicyclic) bond motifs is 5. The lowest BCUT2D eigenvalue weighted by Gasteiger charge is -2.56. The Labute approximate surface area is 229 Å². The third kappa shape index (κ3) is 5.38. The Balaban J connectivity index is 1.51. The molecule has 4 aliphatic carbocycles. The van der Waals surface area contributed by atoms with Gasteiger partial charge in [-0.2, -0.15) is 0 Å². The van der Waals surface area contributed by atoms with Crippen LogP contribution in [0, 0.1) is 40.4 Å². The zero-order chi connectivity index (χ0) is 27.6. The van der Waals surface area contributed by atoms with Gasteiger partial charge in [-0.1, -0.05) is 72.1 Å². The molecule has 0 heterocycles. The highest BCUT2D eigenvalue weighted by molar-refractivity contribution is 6.74. The number of hydrogen-bond donors (Lipinski definition) is 1. The van der Waals surface area contributed by atoms with Gasteiger partial charge >= 0.3 is 0 Å². The van der Waals surface area contributed by atoms with Crippen molar-refractivity contribution in [3.8, 4) is 0 Å². The average Bonchev–Trinajstić information content (AvgIpc) is 3.10. The zero-order valence-corrected chi connectivity index (χ0v) is 26.6. The van der Waals surface area contributed by atoms with Crippen molar-refractivity contribution in [2.24, 2.45) is 40.4 Å².